The number of benzene rings is 3. The average molecular weight is 749 g/mol. The Balaban J connectivity index is 0.000000367. The number of hydrogen-bond acceptors (Lipinski definition) is 7. The maximum atomic E-state index is 13.9. The summed E-state index contributed by atoms with van der Waals surface area (Å²) in [6.45, 7) is 9.00. The number of rotatable bonds is 14. The first-order valence-electron chi connectivity index (χ1n) is 16.1. The van der Waals surface area contributed by atoms with Gasteiger partial charge in [-0.3, -0.25) is 19.2 Å². The molecule has 3 aromatic carbocycles. The zero-order chi connectivity index (χ0) is 40.2. The first-order valence-corrected chi connectivity index (χ1v) is 16.1. The largest absolute Gasteiger partial charge is 0.480 e. The summed E-state index contributed by atoms with van der Waals surface area (Å²) < 4.78 is 60.8. The molecule has 4 atom stereocenters. The van der Waals surface area contributed by atoms with Gasteiger partial charge in [0.05, 0.1) is 0 Å². The van der Waals surface area contributed by atoms with E-state index < -0.39 is 99.6 Å². The number of carbonyl (C=O) groups is 6. The van der Waals surface area contributed by atoms with Gasteiger partial charge in [0.15, 0.2) is 5.78 Å². The molecule has 0 saturated carbocycles. The number of aliphatic carboxylic acids is 3. The summed E-state index contributed by atoms with van der Waals surface area (Å²) in [6, 6.07) is 11.6. The summed E-state index contributed by atoms with van der Waals surface area (Å²) >= 11 is 0. The van der Waals surface area contributed by atoms with E-state index in [0.717, 1.165) is 17.7 Å². The Labute approximate surface area is 302 Å². The average Bonchev–Trinajstić information content (AvgIpc) is 3.03. The Bertz CT molecular complexity index is 1690. The van der Waals surface area contributed by atoms with Crippen molar-refractivity contribution in [2.75, 3.05) is 0 Å². The second-order valence-corrected chi connectivity index (χ2v) is 13.1. The van der Waals surface area contributed by atoms with E-state index in [-0.39, 0.29) is 12.3 Å². The van der Waals surface area contributed by atoms with Gasteiger partial charge in [-0.05, 0) is 62.9 Å². The number of amides is 2. The van der Waals surface area contributed by atoms with Gasteiger partial charge in [0.1, 0.15) is 52.8 Å². The van der Waals surface area contributed by atoms with Gasteiger partial charge in [0.25, 0.3) is 0 Å². The minimum absolute atomic E-state index is 0.119. The van der Waals surface area contributed by atoms with Crippen molar-refractivity contribution in [3.63, 3.8) is 0 Å². The summed E-state index contributed by atoms with van der Waals surface area (Å²) in [4.78, 5) is 71.6. The number of ketones is 1. The van der Waals surface area contributed by atoms with Gasteiger partial charge < -0.3 is 30.7 Å². The maximum Gasteiger partial charge on any atom is 0.408 e. The molecule has 3 rings (SSSR count). The summed E-state index contributed by atoms with van der Waals surface area (Å²) in [7, 11) is 0. The molecule has 0 spiro atoms. The third kappa shape index (κ3) is 13.0. The van der Waals surface area contributed by atoms with Crippen LogP contribution in [0.3, 0.4) is 0 Å². The van der Waals surface area contributed by atoms with E-state index in [2.05, 4.69) is 10.6 Å². The summed E-state index contributed by atoms with van der Waals surface area (Å²) in [5.74, 6) is -18.4. The summed E-state index contributed by atoms with van der Waals surface area (Å²) in [5, 5.41) is 33.0. The van der Waals surface area contributed by atoms with Crippen LogP contribution in [0.4, 0.5) is 22.4 Å². The van der Waals surface area contributed by atoms with Crippen molar-refractivity contribution in [2.45, 2.75) is 77.0 Å². The van der Waals surface area contributed by atoms with Crippen LogP contribution in [0.15, 0.2) is 66.7 Å². The SMILES string of the molecule is CC(C)C[C@H](NC(=O)OC(C)(C)C)C(=O)N[C@@H](Cc1ccccc1)C(=O)O.O=C(O)C(C(=O)C(C(=O)O)c1c(F)cccc1F)c1c(F)cccc1F. The molecule has 286 valence electrons. The van der Waals surface area contributed by atoms with E-state index in [0.29, 0.717) is 30.7 Å². The highest BCUT2D eigenvalue weighted by Crippen LogP contribution is 2.33. The molecule has 0 bridgehead atoms. The number of alkyl carbamates (subject to hydrolysis) is 1. The molecule has 5 N–H and O–H groups in total. The molecule has 3 aromatic rings. The molecular weight excluding hydrogens is 708 g/mol. The smallest absolute Gasteiger partial charge is 0.408 e. The number of carbonyl (C=O) groups excluding carboxylic acids is 3. The fourth-order valence-electron chi connectivity index (χ4n) is 4.99. The predicted molar refractivity (Wildman–Crippen MR) is 181 cm³/mol. The molecule has 0 aliphatic carbocycles. The highest BCUT2D eigenvalue weighted by Gasteiger charge is 2.43. The highest BCUT2D eigenvalue weighted by molar-refractivity contribution is 6.14. The second kappa shape index (κ2) is 19.2. The minimum atomic E-state index is -2.61. The number of carboxylic acid groups (broad SMARTS) is 3. The van der Waals surface area contributed by atoms with E-state index in [1.165, 1.54) is 0 Å². The fourth-order valence-corrected chi connectivity index (χ4v) is 4.99. The van der Waals surface area contributed by atoms with Gasteiger partial charge in [-0.2, -0.15) is 0 Å². The first-order chi connectivity index (χ1) is 24.6. The van der Waals surface area contributed by atoms with Crippen molar-refractivity contribution in [3.05, 3.63) is 107 Å². The Morgan fingerprint density at radius 2 is 1.08 bits per heavy atom. The number of carboxylic acids is 3. The lowest BCUT2D eigenvalue weighted by atomic mass is 9.83. The van der Waals surface area contributed by atoms with Crippen molar-refractivity contribution in [1.82, 2.24) is 10.6 Å². The molecule has 2 amide bonds. The van der Waals surface area contributed by atoms with Gasteiger partial charge >= 0.3 is 24.0 Å². The van der Waals surface area contributed by atoms with Crippen molar-refractivity contribution in [3.8, 4) is 0 Å². The van der Waals surface area contributed by atoms with Crippen LogP contribution in [0.5, 0.6) is 0 Å². The lowest BCUT2D eigenvalue weighted by Crippen LogP contribution is -2.53. The van der Waals surface area contributed by atoms with Crippen molar-refractivity contribution >= 4 is 35.7 Å². The number of halogens is 4. The van der Waals surface area contributed by atoms with Crippen LogP contribution < -0.4 is 10.6 Å². The molecule has 0 radical (unpaired) electrons. The molecule has 0 aliphatic rings. The first kappa shape index (κ1) is 43.4. The van der Waals surface area contributed by atoms with E-state index in [9.17, 15) is 61.6 Å². The third-order valence-electron chi connectivity index (χ3n) is 7.25. The summed E-state index contributed by atoms with van der Waals surface area (Å²) in [6.07, 6.45) is -0.191. The molecule has 53 heavy (non-hydrogen) atoms. The molecule has 0 fully saturated rings. The van der Waals surface area contributed by atoms with Gasteiger partial charge in [0.2, 0.25) is 5.91 Å². The van der Waals surface area contributed by atoms with Crippen molar-refractivity contribution < 1.29 is 66.4 Å². The van der Waals surface area contributed by atoms with E-state index in [1.54, 1.807) is 32.9 Å². The molecule has 0 saturated heterocycles. The van der Waals surface area contributed by atoms with Crippen LogP contribution in [0.1, 0.15) is 69.6 Å². The topological polar surface area (TPSA) is 196 Å². The number of ether oxygens (including phenoxy) is 1. The molecule has 16 heteroatoms. The monoisotopic (exact) mass is 748 g/mol. The van der Waals surface area contributed by atoms with Crippen LogP contribution in [-0.2, 0) is 35.1 Å². The van der Waals surface area contributed by atoms with E-state index in [4.69, 9.17) is 4.74 Å². The maximum absolute atomic E-state index is 13.9. The van der Waals surface area contributed by atoms with Crippen LogP contribution in [-0.4, -0.2) is 68.7 Å². The standard InChI is InChI=1S/C20H30N2O5.C17H10F4O5/c1-13(2)11-15(22-19(26)27-20(3,4)5)17(23)21-16(18(24)25)12-14-9-7-6-8-10-14;18-7-3-1-4-8(19)11(7)13(16(23)24)15(22)14(17(25)26)12-9(20)5-2-6-10(12)21/h6-10,13,15-16H,11-12H2,1-5H3,(H,21,23)(H,22,26)(H,24,25);1-6,13-14H,(H,23,24)(H,25,26)/t15-,16-;/m0./s1. The number of hydrogen-bond donors (Lipinski definition) is 5. The zero-order valence-corrected chi connectivity index (χ0v) is 29.4. The molecular formula is C37H40F4N2O10. The van der Waals surface area contributed by atoms with Crippen LogP contribution in [0.2, 0.25) is 0 Å². The molecule has 0 aliphatic heterocycles. The Kier molecular flexibility index (Phi) is 15.7. The quantitative estimate of drug-likeness (QED) is 0.102. The van der Waals surface area contributed by atoms with Gasteiger partial charge in [-0.15, -0.1) is 0 Å². The third-order valence-corrected chi connectivity index (χ3v) is 7.25. The lowest BCUT2D eigenvalue weighted by Gasteiger charge is -2.25. The van der Waals surface area contributed by atoms with Crippen LogP contribution >= 0.6 is 0 Å². The zero-order valence-electron chi connectivity index (χ0n) is 29.4. The van der Waals surface area contributed by atoms with Gasteiger partial charge in [-0.25, -0.2) is 27.2 Å². The number of nitrogens with one attached hydrogen (secondary N) is 2. The Morgan fingerprint density at radius 1 is 0.642 bits per heavy atom. The van der Waals surface area contributed by atoms with Gasteiger partial charge in [0, 0.05) is 17.5 Å². The minimum Gasteiger partial charge on any atom is -0.480 e. The van der Waals surface area contributed by atoms with E-state index in [1.807, 2.05) is 32.0 Å². The van der Waals surface area contributed by atoms with Crippen LogP contribution in [0, 0.1) is 29.2 Å². The van der Waals surface area contributed by atoms with Gasteiger partial charge in [-0.1, -0.05) is 56.3 Å². The Hall–Kier alpha value is -5.80. The normalized spacial score (nSPS) is 13.3. The molecule has 0 heterocycles. The molecule has 12 nitrogen and oxygen atoms in total. The van der Waals surface area contributed by atoms with Crippen molar-refractivity contribution in [2.24, 2.45) is 5.92 Å². The number of Topliss-reactive ketones (excluding diaryl/α,β-unsaturated/α-hetero) is 1. The summed E-state index contributed by atoms with van der Waals surface area (Å²) in [5.41, 5.74) is -2.33. The molecule has 2 unspecified atom stereocenters. The van der Waals surface area contributed by atoms with E-state index >= 15 is 0 Å². The fraction of sp³-hybridized carbons (Fsp3) is 0.351. The second-order valence-electron chi connectivity index (χ2n) is 13.1. The predicted octanol–water partition coefficient (Wildman–Crippen LogP) is 5.59. The van der Waals surface area contributed by atoms with Crippen LogP contribution in [0.25, 0.3) is 0 Å². The van der Waals surface area contributed by atoms with Crippen molar-refractivity contribution in [1.29, 1.82) is 0 Å². The lowest BCUT2D eigenvalue weighted by molar-refractivity contribution is -0.147. The molecule has 0 aromatic heterocycles. The Morgan fingerprint density at radius 3 is 1.43 bits per heavy atom. The highest BCUT2D eigenvalue weighted by atomic mass is 19.1.